The van der Waals surface area contributed by atoms with Crippen molar-refractivity contribution in [3.63, 3.8) is 0 Å². The second-order valence-electron chi connectivity index (χ2n) is 3.74. The van der Waals surface area contributed by atoms with Gasteiger partial charge in [0.05, 0.1) is 4.90 Å². The van der Waals surface area contributed by atoms with E-state index < -0.39 is 15.8 Å². The molecule has 1 aromatic carbocycles. The molecular weight excluding hydrogens is 293 g/mol. The van der Waals surface area contributed by atoms with Crippen molar-refractivity contribution >= 4 is 27.4 Å². The molecule has 0 aliphatic carbocycles. The van der Waals surface area contributed by atoms with E-state index in [1.165, 1.54) is 19.1 Å². The maximum Gasteiger partial charge on any atom is 0.263 e. The number of sulfonamides is 1. The lowest BCUT2D eigenvalue weighted by Gasteiger charge is -2.09. The Kier molecular flexibility index (Phi) is 3.68. The SMILES string of the molecule is Cc1cc(F)ccc1S(=O)(=O)Nc1cc(Cl)ncn1. The van der Waals surface area contributed by atoms with Crippen LogP contribution in [0.15, 0.2) is 35.5 Å². The van der Waals surface area contributed by atoms with E-state index in [1.54, 1.807) is 0 Å². The quantitative estimate of drug-likeness (QED) is 0.884. The maximum atomic E-state index is 13.0. The van der Waals surface area contributed by atoms with Crippen LogP contribution in [0.1, 0.15) is 5.56 Å². The number of rotatable bonds is 3. The van der Waals surface area contributed by atoms with Gasteiger partial charge >= 0.3 is 0 Å². The van der Waals surface area contributed by atoms with Crippen LogP contribution in [0.4, 0.5) is 10.2 Å². The van der Waals surface area contributed by atoms with Crippen LogP contribution >= 0.6 is 11.6 Å². The van der Waals surface area contributed by atoms with Crippen molar-refractivity contribution in [2.45, 2.75) is 11.8 Å². The van der Waals surface area contributed by atoms with Gasteiger partial charge in [0.15, 0.2) is 0 Å². The van der Waals surface area contributed by atoms with E-state index in [0.29, 0.717) is 5.56 Å². The molecule has 0 radical (unpaired) electrons. The van der Waals surface area contributed by atoms with Crippen LogP contribution in [0.2, 0.25) is 5.15 Å². The Bertz CT molecular complexity index is 722. The fourth-order valence-electron chi connectivity index (χ4n) is 1.50. The molecule has 5 nitrogen and oxygen atoms in total. The summed E-state index contributed by atoms with van der Waals surface area (Å²) in [6.45, 7) is 1.50. The molecule has 1 heterocycles. The summed E-state index contributed by atoms with van der Waals surface area (Å²) in [7, 11) is -3.84. The average molecular weight is 302 g/mol. The number of halogens is 2. The predicted molar refractivity (Wildman–Crippen MR) is 69.0 cm³/mol. The minimum absolute atomic E-state index is 0.0244. The first-order valence-corrected chi connectivity index (χ1v) is 7.01. The summed E-state index contributed by atoms with van der Waals surface area (Å²) in [5.41, 5.74) is 0.299. The fraction of sp³-hybridized carbons (Fsp3) is 0.0909. The van der Waals surface area contributed by atoms with Gasteiger partial charge in [-0.2, -0.15) is 0 Å². The Morgan fingerprint density at radius 3 is 2.63 bits per heavy atom. The zero-order valence-corrected chi connectivity index (χ0v) is 11.3. The van der Waals surface area contributed by atoms with Gasteiger partial charge < -0.3 is 0 Å². The van der Waals surface area contributed by atoms with Crippen LogP contribution in [0.5, 0.6) is 0 Å². The first-order chi connectivity index (χ1) is 8.88. The molecule has 2 rings (SSSR count). The molecular formula is C11H9ClFN3O2S. The molecule has 0 saturated carbocycles. The normalized spacial score (nSPS) is 11.3. The van der Waals surface area contributed by atoms with E-state index in [9.17, 15) is 12.8 Å². The van der Waals surface area contributed by atoms with Gasteiger partial charge in [-0.15, -0.1) is 0 Å². The van der Waals surface area contributed by atoms with Crippen LogP contribution in [-0.2, 0) is 10.0 Å². The molecule has 8 heteroatoms. The van der Waals surface area contributed by atoms with Crippen LogP contribution in [0.3, 0.4) is 0 Å². The smallest absolute Gasteiger partial charge is 0.263 e. The van der Waals surface area contributed by atoms with E-state index in [2.05, 4.69) is 14.7 Å². The Hall–Kier alpha value is -1.73. The third-order valence-electron chi connectivity index (χ3n) is 2.30. The second-order valence-corrected chi connectivity index (χ2v) is 5.78. The summed E-state index contributed by atoms with van der Waals surface area (Å²) in [6.07, 6.45) is 1.14. The summed E-state index contributed by atoms with van der Waals surface area (Å²) in [4.78, 5) is 7.35. The Balaban J connectivity index is 2.38. The number of aryl methyl sites for hydroxylation is 1. The van der Waals surface area contributed by atoms with E-state index in [-0.39, 0.29) is 15.9 Å². The highest BCUT2D eigenvalue weighted by Crippen LogP contribution is 2.19. The van der Waals surface area contributed by atoms with E-state index in [0.717, 1.165) is 18.5 Å². The van der Waals surface area contributed by atoms with Crippen LogP contribution in [0.25, 0.3) is 0 Å². The van der Waals surface area contributed by atoms with Crippen LogP contribution in [-0.4, -0.2) is 18.4 Å². The van der Waals surface area contributed by atoms with Crippen molar-refractivity contribution in [2.24, 2.45) is 0 Å². The highest BCUT2D eigenvalue weighted by atomic mass is 35.5. The van der Waals surface area contributed by atoms with Gasteiger partial charge in [0, 0.05) is 6.07 Å². The minimum atomic E-state index is -3.84. The Morgan fingerprint density at radius 1 is 1.26 bits per heavy atom. The predicted octanol–water partition coefficient (Wildman–Crippen LogP) is 2.38. The first kappa shape index (κ1) is 13.7. The Morgan fingerprint density at radius 2 is 2.00 bits per heavy atom. The number of anilines is 1. The molecule has 0 aliphatic heterocycles. The average Bonchev–Trinajstić information content (AvgIpc) is 2.27. The van der Waals surface area contributed by atoms with Crippen LogP contribution < -0.4 is 4.72 Å². The van der Waals surface area contributed by atoms with E-state index in [1.807, 2.05) is 0 Å². The zero-order valence-electron chi connectivity index (χ0n) is 9.76. The van der Waals surface area contributed by atoms with Crippen molar-refractivity contribution in [1.29, 1.82) is 0 Å². The molecule has 0 saturated heterocycles. The molecule has 0 spiro atoms. The van der Waals surface area contributed by atoms with Gasteiger partial charge in [0.25, 0.3) is 10.0 Å². The van der Waals surface area contributed by atoms with Crippen molar-refractivity contribution in [2.75, 3.05) is 4.72 Å². The maximum absolute atomic E-state index is 13.0. The summed E-state index contributed by atoms with van der Waals surface area (Å²) < 4.78 is 39.4. The van der Waals surface area contributed by atoms with Gasteiger partial charge in [-0.25, -0.2) is 22.8 Å². The number of benzene rings is 1. The highest BCUT2D eigenvalue weighted by Gasteiger charge is 2.18. The fourth-order valence-corrected chi connectivity index (χ4v) is 2.87. The zero-order chi connectivity index (χ0) is 14.0. The molecule has 19 heavy (non-hydrogen) atoms. The number of nitrogens with one attached hydrogen (secondary N) is 1. The molecule has 1 aromatic heterocycles. The second kappa shape index (κ2) is 5.10. The molecule has 0 atom stereocenters. The molecule has 100 valence electrons. The molecule has 0 unspecified atom stereocenters. The summed E-state index contributed by atoms with van der Waals surface area (Å²) in [6, 6.07) is 4.68. The van der Waals surface area contributed by atoms with Crippen molar-refractivity contribution in [1.82, 2.24) is 9.97 Å². The van der Waals surface area contributed by atoms with Gasteiger partial charge in [-0.3, -0.25) is 4.72 Å². The third-order valence-corrected chi connectivity index (χ3v) is 4.02. The van der Waals surface area contributed by atoms with Gasteiger partial charge in [-0.05, 0) is 30.7 Å². The van der Waals surface area contributed by atoms with Gasteiger partial charge in [0.1, 0.15) is 23.1 Å². The standard InChI is InChI=1S/C11H9ClFN3O2S/c1-7-4-8(13)2-3-9(7)19(17,18)16-11-5-10(12)14-6-15-11/h2-6H,1H3,(H,14,15,16). The van der Waals surface area contributed by atoms with Gasteiger partial charge in [-0.1, -0.05) is 11.6 Å². The van der Waals surface area contributed by atoms with E-state index >= 15 is 0 Å². The number of hydrogen-bond donors (Lipinski definition) is 1. The molecule has 1 N–H and O–H groups in total. The number of aromatic nitrogens is 2. The van der Waals surface area contributed by atoms with E-state index in [4.69, 9.17) is 11.6 Å². The summed E-state index contributed by atoms with van der Waals surface area (Å²) in [5.74, 6) is -0.453. The first-order valence-electron chi connectivity index (χ1n) is 5.15. The monoisotopic (exact) mass is 301 g/mol. The lowest BCUT2D eigenvalue weighted by atomic mass is 10.2. The Labute approximate surface area is 114 Å². The van der Waals surface area contributed by atoms with Crippen molar-refractivity contribution in [3.05, 3.63) is 47.1 Å². The minimum Gasteiger partial charge on any atom is -0.263 e. The molecule has 0 amide bonds. The van der Waals surface area contributed by atoms with Crippen molar-refractivity contribution in [3.8, 4) is 0 Å². The molecule has 2 aromatic rings. The van der Waals surface area contributed by atoms with Crippen LogP contribution in [0, 0.1) is 12.7 Å². The van der Waals surface area contributed by atoms with Crippen molar-refractivity contribution < 1.29 is 12.8 Å². The molecule has 0 bridgehead atoms. The lowest BCUT2D eigenvalue weighted by Crippen LogP contribution is -2.15. The third kappa shape index (κ3) is 3.18. The summed E-state index contributed by atoms with van der Waals surface area (Å²) >= 11 is 5.64. The molecule has 0 aliphatic rings. The number of hydrogen-bond acceptors (Lipinski definition) is 4. The highest BCUT2D eigenvalue weighted by molar-refractivity contribution is 7.92. The topological polar surface area (TPSA) is 72.0 Å². The number of nitrogens with zero attached hydrogens (tertiary/aromatic N) is 2. The lowest BCUT2D eigenvalue weighted by molar-refractivity contribution is 0.598. The summed E-state index contributed by atoms with van der Waals surface area (Å²) in [5, 5.41) is 0.114. The van der Waals surface area contributed by atoms with Gasteiger partial charge in [0.2, 0.25) is 0 Å². The largest absolute Gasteiger partial charge is 0.263 e. The molecule has 0 fully saturated rings.